The smallest absolute Gasteiger partial charge is 0.451 e. The fraction of sp³-hybridized carbons (Fsp3) is 0.606. The fourth-order valence-electron chi connectivity index (χ4n) is 7.03. The number of likely N-dealkylation sites (N-methyl/N-ethyl adjacent to an activating group) is 1. The number of imidazole rings is 1. The van der Waals surface area contributed by atoms with Crippen molar-refractivity contribution in [3.63, 3.8) is 0 Å². The van der Waals surface area contributed by atoms with Crippen molar-refractivity contribution in [1.82, 2.24) is 29.7 Å². The van der Waals surface area contributed by atoms with Crippen LogP contribution in [0.3, 0.4) is 0 Å². The molecule has 7 atom stereocenters. The molecular formula is C33H43F3N8O5. The lowest BCUT2D eigenvalue weighted by molar-refractivity contribution is -0.209. The summed E-state index contributed by atoms with van der Waals surface area (Å²) in [5.41, 5.74) is 1.74. The molecule has 6 rings (SSSR count). The van der Waals surface area contributed by atoms with Gasteiger partial charge in [-0.25, -0.2) is 9.78 Å². The van der Waals surface area contributed by atoms with Crippen molar-refractivity contribution in [2.75, 3.05) is 37.4 Å². The van der Waals surface area contributed by atoms with Crippen LogP contribution >= 0.6 is 0 Å². The number of alkyl halides is 3. The van der Waals surface area contributed by atoms with Crippen LogP contribution in [0.5, 0.6) is 0 Å². The number of benzene rings is 1. The lowest BCUT2D eigenvalue weighted by Crippen LogP contribution is -2.45. The van der Waals surface area contributed by atoms with Gasteiger partial charge in [-0.05, 0) is 51.8 Å². The van der Waals surface area contributed by atoms with Crippen LogP contribution in [0.4, 0.5) is 24.9 Å². The van der Waals surface area contributed by atoms with Gasteiger partial charge in [0, 0.05) is 25.6 Å². The Morgan fingerprint density at radius 3 is 2.57 bits per heavy atom. The number of amides is 1. The Morgan fingerprint density at radius 1 is 1.10 bits per heavy atom. The zero-order valence-electron chi connectivity index (χ0n) is 27.8. The number of carbonyl (C=O) groups excluding carboxylic acids is 2. The van der Waals surface area contributed by atoms with Gasteiger partial charge < -0.3 is 39.6 Å². The molecule has 1 aliphatic heterocycles. The Kier molecular flexibility index (Phi) is 10.3. The lowest BCUT2D eigenvalue weighted by Gasteiger charge is -2.25. The van der Waals surface area contributed by atoms with Crippen LogP contribution < -0.4 is 15.5 Å². The molecule has 3 aromatic rings. The number of halogens is 3. The topological polar surface area (TPSA) is 147 Å². The van der Waals surface area contributed by atoms with Gasteiger partial charge in [0.2, 0.25) is 11.9 Å². The van der Waals surface area contributed by atoms with Crippen LogP contribution in [0.15, 0.2) is 36.7 Å². The Bertz CT molecular complexity index is 1620. The predicted molar refractivity (Wildman–Crippen MR) is 174 cm³/mol. The molecule has 266 valence electrons. The summed E-state index contributed by atoms with van der Waals surface area (Å²) in [6.45, 7) is 3.43. The van der Waals surface area contributed by atoms with Gasteiger partial charge in [-0.3, -0.25) is 4.79 Å². The number of fused-ring (bicyclic) bond motifs is 1. The zero-order chi connectivity index (χ0) is 34.9. The van der Waals surface area contributed by atoms with E-state index in [2.05, 4.69) is 25.4 Å². The first kappa shape index (κ1) is 34.8. The van der Waals surface area contributed by atoms with E-state index in [0.29, 0.717) is 42.6 Å². The molecule has 1 aromatic carbocycles. The molecule has 0 unspecified atom stereocenters. The van der Waals surface area contributed by atoms with E-state index in [-0.39, 0.29) is 31.0 Å². The van der Waals surface area contributed by atoms with Gasteiger partial charge in [0.05, 0.1) is 37.2 Å². The summed E-state index contributed by atoms with van der Waals surface area (Å²) < 4.78 is 52.9. The van der Waals surface area contributed by atoms with Crippen LogP contribution in [0.25, 0.3) is 11.2 Å². The Morgan fingerprint density at radius 2 is 1.88 bits per heavy atom. The number of carbonyl (C=O) groups is 2. The summed E-state index contributed by atoms with van der Waals surface area (Å²) in [6.07, 6.45) is -3.63. The number of nitrogens with zero attached hydrogens (tertiary/aromatic N) is 6. The second kappa shape index (κ2) is 14.5. The van der Waals surface area contributed by atoms with E-state index in [0.717, 1.165) is 31.2 Å². The van der Waals surface area contributed by atoms with Crippen molar-refractivity contribution in [3.05, 3.63) is 42.2 Å². The molecule has 0 spiro atoms. The molecule has 1 amide bonds. The van der Waals surface area contributed by atoms with Crippen LogP contribution in [-0.2, 0) is 25.7 Å². The second-order valence-electron chi connectivity index (χ2n) is 13.3. The first-order valence-corrected chi connectivity index (χ1v) is 16.8. The molecule has 16 heteroatoms. The molecular weight excluding hydrogens is 645 g/mol. The van der Waals surface area contributed by atoms with Gasteiger partial charge in [0.25, 0.3) is 0 Å². The van der Waals surface area contributed by atoms with Crippen LogP contribution in [0, 0.1) is 0 Å². The van der Waals surface area contributed by atoms with Crippen molar-refractivity contribution in [2.24, 2.45) is 0 Å². The minimum absolute atomic E-state index is 0.0271. The minimum Gasteiger partial charge on any atom is -0.451 e. The monoisotopic (exact) mass is 688 g/mol. The van der Waals surface area contributed by atoms with Crippen molar-refractivity contribution < 1.29 is 37.3 Å². The van der Waals surface area contributed by atoms with Crippen molar-refractivity contribution in [1.29, 1.82) is 0 Å². The highest BCUT2D eigenvalue weighted by Gasteiger charge is 2.51. The maximum Gasteiger partial charge on any atom is 0.490 e. The van der Waals surface area contributed by atoms with Crippen LogP contribution in [0.1, 0.15) is 57.1 Å². The van der Waals surface area contributed by atoms with E-state index in [1.165, 1.54) is 10.9 Å². The van der Waals surface area contributed by atoms with E-state index < -0.39 is 42.3 Å². The van der Waals surface area contributed by atoms with Gasteiger partial charge in [-0.1, -0.05) is 37.3 Å². The SMILES string of the molecule is CCC(=O)N[C@H]1C[C@@H](n2cnc3c(N[C@@H]4CCC[C@H]4OCc4ccccc4)nc(N4CC[C@@H](N(C)C)C4)nc32)[C@H](OC(=O)C(F)(F)F)[C@@H]1O. The molecule has 49 heavy (non-hydrogen) atoms. The highest BCUT2D eigenvalue weighted by molar-refractivity contribution is 5.85. The van der Waals surface area contributed by atoms with E-state index in [4.69, 9.17) is 19.4 Å². The quantitative estimate of drug-likeness (QED) is 0.255. The Labute approximate surface area is 282 Å². The third-order valence-electron chi connectivity index (χ3n) is 9.79. The maximum atomic E-state index is 13.4. The molecule has 2 aromatic heterocycles. The standard InChI is InChI=1S/C33H43F3N8O5/c1-4-25(45)38-22-15-23(28(27(22)46)49-31(47)33(34,35)36)44-18-37-26-29(40-32(41-30(26)44)43-14-13-20(16-43)42(2)3)39-21-11-8-12-24(21)48-17-19-9-6-5-7-10-19/h5-7,9-10,18,20-24,27-28,46H,4,8,11-17H2,1-3H3,(H,38,45)(H,39,40,41)/t20-,21-,22+,23-,24-,27-,28+/m1/s1. The number of esters is 1. The normalized spacial score (nSPS) is 27.3. The fourth-order valence-corrected chi connectivity index (χ4v) is 7.03. The third kappa shape index (κ3) is 7.60. The summed E-state index contributed by atoms with van der Waals surface area (Å²) >= 11 is 0. The molecule has 3 fully saturated rings. The summed E-state index contributed by atoms with van der Waals surface area (Å²) in [6, 6.07) is 8.10. The lowest BCUT2D eigenvalue weighted by atomic mass is 10.2. The molecule has 2 aliphatic carbocycles. The number of aromatic nitrogens is 4. The summed E-state index contributed by atoms with van der Waals surface area (Å²) in [5, 5.41) is 17.3. The first-order valence-electron chi connectivity index (χ1n) is 16.8. The van der Waals surface area contributed by atoms with E-state index in [1.807, 2.05) is 44.4 Å². The highest BCUT2D eigenvalue weighted by Crippen LogP contribution is 2.38. The highest BCUT2D eigenvalue weighted by atomic mass is 19.4. The first-order chi connectivity index (χ1) is 23.4. The third-order valence-corrected chi connectivity index (χ3v) is 9.79. The van der Waals surface area contributed by atoms with E-state index >= 15 is 0 Å². The number of ether oxygens (including phenoxy) is 2. The molecule has 0 radical (unpaired) electrons. The largest absolute Gasteiger partial charge is 0.490 e. The second-order valence-corrected chi connectivity index (χ2v) is 13.3. The maximum absolute atomic E-state index is 13.4. The molecule has 3 N–H and O–H groups in total. The minimum atomic E-state index is -5.28. The van der Waals surface area contributed by atoms with Gasteiger partial charge in [-0.2, -0.15) is 23.1 Å². The number of hydrogen-bond donors (Lipinski definition) is 3. The Hall–Kier alpha value is -4.02. The number of anilines is 2. The van der Waals surface area contributed by atoms with Crippen LogP contribution in [-0.4, -0.2) is 111 Å². The van der Waals surface area contributed by atoms with Gasteiger partial charge in [0.15, 0.2) is 23.1 Å². The zero-order valence-corrected chi connectivity index (χ0v) is 27.8. The number of nitrogens with one attached hydrogen (secondary N) is 2. The number of aliphatic hydroxyl groups is 1. The number of rotatable bonds is 11. The van der Waals surface area contributed by atoms with Gasteiger partial charge in [0.1, 0.15) is 6.10 Å². The molecule has 13 nitrogen and oxygen atoms in total. The average Bonchev–Trinajstić information content (AvgIpc) is 3.88. The number of aliphatic hydroxyl groups excluding tert-OH is 1. The molecule has 2 saturated carbocycles. The van der Waals surface area contributed by atoms with Gasteiger partial charge >= 0.3 is 12.1 Å². The average molecular weight is 689 g/mol. The Balaban J connectivity index is 1.35. The molecule has 1 saturated heterocycles. The molecule has 3 heterocycles. The molecule has 3 aliphatic rings. The van der Waals surface area contributed by atoms with Crippen molar-refractivity contribution in [3.8, 4) is 0 Å². The van der Waals surface area contributed by atoms with Crippen molar-refractivity contribution in [2.45, 2.75) is 101 Å². The number of hydrogen-bond acceptors (Lipinski definition) is 11. The molecule has 0 bridgehead atoms. The van der Waals surface area contributed by atoms with E-state index in [1.54, 1.807) is 6.92 Å². The van der Waals surface area contributed by atoms with E-state index in [9.17, 15) is 27.9 Å². The van der Waals surface area contributed by atoms with Crippen molar-refractivity contribution >= 4 is 34.8 Å². The van der Waals surface area contributed by atoms with Gasteiger partial charge in [-0.15, -0.1) is 0 Å². The van der Waals surface area contributed by atoms with Crippen LogP contribution in [0.2, 0.25) is 0 Å². The predicted octanol–water partition coefficient (Wildman–Crippen LogP) is 3.19. The summed E-state index contributed by atoms with van der Waals surface area (Å²) in [7, 11) is 4.02. The summed E-state index contributed by atoms with van der Waals surface area (Å²) in [4.78, 5) is 42.9. The summed E-state index contributed by atoms with van der Waals surface area (Å²) in [5.74, 6) is -1.97.